The molecule has 1 aliphatic heterocycles. The third-order valence-corrected chi connectivity index (χ3v) is 7.58. The summed E-state index contributed by atoms with van der Waals surface area (Å²) in [6.45, 7) is 8.24. The Balaban J connectivity index is 1.65. The molecule has 2 aromatic carbocycles. The van der Waals surface area contributed by atoms with E-state index in [-0.39, 0.29) is 12.4 Å². The molecule has 0 bridgehead atoms. The fraction of sp³-hybridized carbons (Fsp3) is 0.250. The summed E-state index contributed by atoms with van der Waals surface area (Å²) in [7, 11) is 0. The minimum Gasteiger partial charge on any atom is -0.466 e. The fourth-order valence-electron chi connectivity index (χ4n) is 4.49. The van der Waals surface area contributed by atoms with Crippen molar-refractivity contribution in [1.29, 1.82) is 5.26 Å². The molecule has 4 aromatic rings. The standard InChI is InChI=1S/C28H25N5O2S/c1-5-35-24(34)14-23-27-32-31-18(4)33(27)28-25(16(2)17(3)36-28)26(30-23)21-11-9-20(10-12-21)22-8-6-7-19(13-22)15-29/h6-13,23H,5,14H2,1-4H3/t23-/m0/s1. The number of rotatable bonds is 5. The van der Waals surface area contributed by atoms with Crippen LogP contribution in [-0.2, 0) is 9.53 Å². The van der Waals surface area contributed by atoms with E-state index in [1.165, 1.54) is 4.88 Å². The van der Waals surface area contributed by atoms with Crippen molar-refractivity contribution in [2.24, 2.45) is 4.99 Å². The molecule has 0 fully saturated rings. The van der Waals surface area contributed by atoms with Gasteiger partial charge >= 0.3 is 5.97 Å². The summed E-state index contributed by atoms with van der Waals surface area (Å²) in [5.41, 5.74) is 6.57. The van der Waals surface area contributed by atoms with Gasteiger partial charge in [0.1, 0.15) is 16.9 Å². The summed E-state index contributed by atoms with van der Waals surface area (Å²) in [5.74, 6) is 1.08. The van der Waals surface area contributed by atoms with Gasteiger partial charge in [-0.25, -0.2) is 0 Å². The molecule has 180 valence electrons. The largest absolute Gasteiger partial charge is 0.466 e. The van der Waals surface area contributed by atoms with Gasteiger partial charge in [0.15, 0.2) is 5.82 Å². The van der Waals surface area contributed by atoms with E-state index in [4.69, 9.17) is 9.73 Å². The lowest BCUT2D eigenvalue weighted by Crippen LogP contribution is -2.13. The van der Waals surface area contributed by atoms with Crippen molar-refractivity contribution in [3.8, 4) is 22.2 Å². The van der Waals surface area contributed by atoms with Crippen molar-refractivity contribution >= 4 is 23.0 Å². The molecule has 0 unspecified atom stereocenters. The number of nitrogens with zero attached hydrogens (tertiary/aromatic N) is 5. The first kappa shape index (κ1) is 23.6. The fourth-order valence-corrected chi connectivity index (χ4v) is 5.71. The monoisotopic (exact) mass is 495 g/mol. The number of carbonyl (C=O) groups excluding carboxylic acids is 1. The van der Waals surface area contributed by atoms with Crippen LogP contribution >= 0.6 is 11.3 Å². The van der Waals surface area contributed by atoms with Crippen molar-refractivity contribution in [2.75, 3.05) is 6.61 Å². The lowest BCUT2D eigenvalue weighted by Gasteiger charge is -2.12. The molecule has 5 rings (SSSR count). The smallest absolute Gasteiger partial charge is 0.308 e. The number of aryl methyl sites for hydroxylation is 2. The Morgan fingerprint density at radius 2 is 1.83 bits per heavy atom. The van der Waals surface area contributed by atoms with Crippen LogP contribution in [0.2, 0.25) is 0 Å². The maximum absolute atomic E-state index is 12.5. The quantitative estimate of drug-likeness (QED) is 0.334. The number of aromatic nitrogens is 3. The number of ether oxygens (including phenoxy) is 1. The summed E-state index contributed by atoms with van der Waals surface area (Å²) in [4.78, 5) is 18.8. The third kappa shape index (κ3) is 4.12. The molecule has 0 saturated heterocycles. The highest BCUT2D eigenvalue weighted by atomic mass is 32.1. The molecular weight excluding hydrogens is 470 g/mol. The van der Waals surface area contributed by atoms with Crippen molar-refractivity contribution in [3.63, 3.8) is 0 Å². The molecule has 0 spiro atoms. The molecule has 2 aromatic heterocycles. The minimum absolute atomic E-state index is 0.0848. The molecule has 7 nitrogen and oxygen atoms in total. The molecule has 3 heterocycles. The number of thiophene rings is 1. The molecule has 8 heteroatoms. The van der Waals surface area contributed by atoms with Crippen LogP contribution in [0.15, 0.2) is 53.5 Å². The highest BCUT2D eigenvalue weighted by Crippen LogP contribution is 2.39. The summed E-state index contributed by atoms with van der Waals surface area (Å²) < 4.78 is 7.28. The lowest BCUT2D eigenvalue weighted by atomic mass is 9.96. The van der Waals surface area contributed by atoms with Crippen molar-refractivity contribution in [2.45, 2.75) is 40.2 Å². The summed E-state index contributed by atoms with van der Waals surface area (Å²) in [6.07, 6.45) is 0.0848. The number of benzene rings is 2. The number of carbonyl (C=O) groups is 1. The Hall–Kier alpha value is -4.09. The Kier molecular flexibility index (Phi) is 6.25. The van der Waals surface area contributed by atoms with Crippen LogP contribution in [0.1, 0.15) is 58.2 Å². The average molecular weight is 496 g/mol. The number of hydrogen-bond acceptors (Lipinski definition) is 7. The van der Waals surface area contributed by atoms with Gasteiger partial charge in [0.05, 0.1) is 30.4 Å². The van der Waals surface area contributed by atoms with Crippen LogP contribution in [0.4, 0.5) is 0 Å². The Morgan fingerprint density at radius 3 is 2.56 bits per heavy atom. The molecule has 1 atom stereocenters. The number of hydrogen-bond donors (Lipinski definition) is 0. The van der Waals surface area contributed by atoms with Crippen LogP contribution in [0.25, 0.3) is 16.1 Å². The van der Waals surface area contributed by atoms with E-state index in [0.717, 1.165) is 44.4 Å². The van der Waals surface area contributed by atoms with Crippen LogP contribution in [0.5, 0.6) is 0 Å². The highest BCUT2D eigenvalue weighted by Gasteiger charge is 2.32. The molecular formula is C28H25N5O2S. The lowest BCUT2D eigenvalue weighted by molar-refractivity contribution is -0.143. The number of esters is 1. The van der Waals surface area contributed by atoms with E-state index < -0.39 is 6.04 Å². The first-order chi connectivity index (χ1) is 17.4. The van der Waals surface area contributed by atoms with Gasteiger partial charge in [-0.15, -0.1) is 21.5 Å². The van der Waals surface area contributed by atoms with E-state index in [2.05, 4.69) is 30.1 Å². The highest BCUT2D eigenvalue weighted by molar-refractivity contribution is 7.15. The number of fused-ring (bicyclic) bond motifs is 3. The summed E-state index contributed by atoms with van der Waals surface area (Å²) in [5, 5.41) is 19.0. The first-order valence-electron chi connectivity index (χ1n) is 11.8. The zero-order valence-electron chi connectivity index (χ0n) is 20.6. The number of nitriles is 1. The van der Waals surface area contributed by atoms with Crippen LogP contribution < -0.4 is 0 Å². The Morgan fingerprint density at radius 1 is 1.08 bits per heavy atom. The summed E-state index contributed by atoms with van der Waals surface area (Å²) in [6, 6.07) is 17.4. The minimum atomic E-state index is -0.522. The topological polar surface area (TPSA) is 93.2 Å². The van der Waals surface area contributed by atoms with Gasteiger partial charge in [0.25, 0.3) is 0 Å². The van der Waals surface area contributed by atoms with Crippen LogP contribution in [0, 0.1) is 32.1 Å². The molecule has 1 aliphatic rings. The summed E-state index contributed by atoms with van der Waals surface area (Å²) >= 11 is 1.68. The van der Waals surface area contributed by atoms with Gasteiger partial charge in [-0.05, 0) is 56.5 Å². The van der Waals surface area contributed by atoms with E-state index in [0.29, 0.717) is 18.0 Å². The van der Waals surface area contributed by atoms with Crippen molar-refractivity contribution in [3.05, 3.63) is 87.3 Å². The Labute approximate surface area is 213 Å². The first-order valence-corrected chi connectivity index (χ1v) is 12.6. The van der Waals surface area contributed by atoms with Gasteiger partial charge in [-0.3, -0.25) is 14.4 Å². The second kappa shape index (κ2) is 9.51. The van der Waals surface area contributed by atoms with E-state index in [1.807, 2.05) is 54.0 Å². The third-order valence-electron chi connectivity index (χ3n) is 6.39. The maximum Gasteiger partial charge on any atom is 0.308 e. The predicted octanol–water partition coefficient (Wildman–Crippen LogP) is 5.64. The molecule has 0 N–H and O–H groups in total. The average Bonchev–Trinajstić information content (AvgIpc) is 3.36. The van der Waals surface area contributed by atoms with E-state index in [9.17, 15) is 10.1 Å². The normalized spacial score (nSPS) is 14.3. The predicted molar refractivity (Wildman–Crippen MR) is 140 cm³/mol. The maximum atomic E-state index is 12.5. The molecule has 0 radical (unpaired) electrons. The Bertz CT molecular complexity index is 1540. The van der Waals surface area contributed by atoms with Gasteiger partial charge in [0, 0.05) is 16.0 Å². The molecule has 0 saturated carbocycles. The van der Waals surface area contributed by atoms with E-state index in [1.54, 1.807) is 24.3 Å². The van der Waals surface area contributed by atoms with Crippen LogP contribution in [-0.4, -0.2) is 33.1 Å². The van der Waals surface area contributed by atoms with Gasteiger partial charge < -0.3 is 4.74 Å². The molecule has 36 heavy (non-hydrogen) atoms. The van der Waals surface area contributed by atoms with Gasteiger partial charge in [-0.1, -0.05) is 36.4 Å². The zero-order chi connectivity index (χ0) is 25.4. The second-order valence-electron chi connectivity index (χ2n) is 8.68. The van der Waals surface area contributed by atoms with E-state index >= 15 is 0 Å². The van der Waals surface area contributed by atoms with Crippen LogP contribution in [0.3, 0.4) is 0 Å². The number of aliphatic imine (C=N–C) groups is 1. The molecule has 0 amide bonds. The van der Waals surface area contributed by atoms with Gasteiger partial charge in [0.2, 0.25) is 0 Å². The molecule has 0 aliphatic carbocycles. The van der Waals surface area contributed by atoms with Crippen molar-refractivity contribution in [1.82, 2.24) is 14.8 Å². The SMILES string of the molecule is CCOC(=O)C[C@@H]1N=C(c2ccc(-c3cccc(C#N)c3)cc2)c2c(sc(C)c2C)-n2c(C)nnc21. The van der Waals surface area contributed by atoms with Gasteiger partial charge in [-0.2, -0.15) is 5.26 Å². The zero-order valence-corrected chi connectivity index (χ0v) is 21.4. The second-order valence-corrected chi connectivity index (χ2v) is 9.88. The van der Waals surface area contributed by atoms with Crippen molar-refractivity contribution < 1.29 is 9.53 Å².